The Morgan fingerprint density at radius 1 is 0.952 bits per heavy atom. The Morgan fingerprint density at radius 3 is 2.19 bits per heavy atom. The van der Waals surface area contributed by atoms with Crippen LogP contribution in [0, 0.1) is 6.92 Å². The smallest absolute Gasteiger partial charge is 0.124 e. The zero-order valence-electron chi connectivity index (χ0n) is 11.8. The van der Waals surface area contributed by atoms with Crippen LogP contribution in [0.25, 0.3) is 21.8 Å². The van der Waals surface area contributed by atoms with Gasteiger partial charge in [0, 0.05) is 20.5 Å². The van der Waals surface area contributed by atoms with E-state index >= 15 is 0 Å². The highest BCUT2D eigenvalue weighted by atomic mass is 79.9. The van der Waals surface area contributed by atoms with Crippen LogP contribution in [0.1, 0.15) is 4.88 Å². The van der Waals surface area contributed by atoms with Crippen molar-refractivity contribution in [3.05, 3.63) is 57.9 Å². The number of nitrogens with zero attached hydrogens (tertiary/aromatic N) is 1. The van der Waals surface area contributed by atoms with E-state index in [0.717, 1.165) is 32.1 Å². The maximum absolute atomic E-state index is 5.20. The van der Waals surface area contributed by atoms with Crippen molar-refractivity contribution < 1.29 is 4.74 Å². The average Bonchev–Trinajstić information content (AvgIpc) is 2.90. The Kier molecular flexibility index (Phi) is 4.08. The Bertz CT molecular complexity index is 747. The summed E-state index contributed by atoms with van der Waals surface area (Å²) >= 11 is 5.18. The Morgan fingerprint density at radius 2 is 1.57 bits per heavy atom. The largest absolute Gasteiger partial charge is 0.497 e. The maximum Gasteiger partial charge on any atom is 0.124 e. The zero-order chi connectivity index (χ0) is 14.8. The lowest BCUT2D eigenvalue weighted by molar-refractivity contribution is 0.415. The van der Waals surface area contributed by atoms with Gasteiger partial charge in [-0.05, 0) is 43.3 Å². The Balaban J connectivity index is 1.98. The number of aromatic nitrogens is 1. The van der Waals surface area contributed by atoms with Crippen molar-refractivity contribution >= 4 is 27.3 Å². The third kappa shape index (κ3) is 3.01. The SMILES string of the molecule is COc1ccc(-c2nc(-c3ccc(Br)cc3)sc2C)cc1. The molecule has 0 aliphatic rings. The van der Waals surface area contributed by atoms with Crippen LogP contribution in [0.5, 0.6) is 5.75 Å². The summed E-state index contributed by atoms with van der Waals surface area (Å²) in [7, 11) is 1.68. The minimum absolute atomic E-state index is 0.861. The summed E-state index contributed by atoms with van der Waals surface area (Å²) in [5.41, 5.74) is 3.31. The van der Waals surface area contributed by atoms with Gasteiger partial charge in [0.25, 0.3) is 0 Å². The Labute approximate surface area is 136 Å². The van der Waals surface area contributed by atoms with Gasteiger partial charge in [0.15, 0.2) is 0 Å². The number of hydrogen-bond acceptors (Lipinski definition) is 3. The first-order valence-corrected chi connectivity index (χ1v) is 8.16. The van der Waals surface area contributed by atoms with Gasteiger partial charge in [0.1, 0.15) is 10.8 Å². The van der Waals surface area contributed by atoms with Crippen molar-refractivity contribution in [1.29, 1.82) is 0 Å². The molecule has 21 heavy (non-hydrogen) atoms. The molecule has 2 nitrogen and oxygen atoms in total. The second-order valence-electron chi connectivity index (χ2n) is 4.66. The molecule has 4 heteroatoms. The molecule has 0 N–H and O–H groups in total. The lowest BCUT2D eigenvalue weighted by Gasteiger charge is -2.01. The number of benzene rings is 2. The molecule has 0 fully saturated rings. The van der Waals surface area contributed by atoms with Gasteiger partial charge in [0.2, 0.25) is 0 Å². The number of aryl methyl sites for hydroxylation is 1. The van der Waals surface area contributed by atoms with Gasteiger partial charge in [-0.15, -0.1) is 11.3 Å². The van der Waals surface area contributed by atoms with Crippen LogP contribution in [-0.4, -0.2) is 12.1 Å². The summed E-state index contributed by atoms with van der Waals surface area (Å²) in [6.45, 7) is 2.11. The number of rotatable bonds is 3. The lowest BCUT2D eigenvalue weighted by atomic mass is 10.1. The summed E-state index contributed by atoms with van der Waals surface area (Å²) in [6, 6.07) is 16.3. The molecule has 0 amide bonds. The fourth-order valence-corrected chi connectivity index (χ4v) is 3.33. The lowest BCUT2D eigenvalue weighted by Crippen LogP contribution is -1.84. The number of hydrogen-bond donors (Lipinski definition) is 0. The molecule has 0 radical (unpaired) electrons. The molecule has 0 aliphatic heterocycles. The third-order valence-electron chi connectivity index (χ3n) is 3.25. The van der Waals surface area contributed by atoms with Gasteiger partial charge in [-0.1, -0.05) is 28.1 Å². The van der Waals surface area contributed by atoms with Crippen molar-refractivity contribution in [3.8, 4) is 27.6 Å². The van der Waals surface area contributed by atoms with E-state index in [2.05, 4.69) is 35.0 Å². The van der Waals surface area contributed by atoms with E-state index < -0.39 is 0 Å². The summed E-state index contributed by atoms with van der Waals surface area (Å²) in [6.07, 6.45) is 0. The van der Waals surface area contributed by atoms with E-state index in [1.54, 1.807) is 18.4 Å². The second-order valence-corrected chi connectivity index (χ2v) is 6.78. The highest BCUT2D eigenvalue weighted by molar-refractivity contribution is 9.10. The monoisotopic (exact) mass is 359 g/mol. The van der Waals surface area contributed by atoms with Crippen LogP contribution in [0.2, 0.25) is 0 Å². The number of thiazole rings is 1. The molecule has 3 rings (SSSR count). The standard InChI is InChI=1S/C17H14BrNOS/c1-11-16(12-5-9-15(20-2)10-6-12)19-17(21-11)13-3-7-14(18)8-4-13/h3-10H,1-2H3. The number of ether oxygens (including phenoxy) is 1. The predicted molar refractivity (Wildman–Crippen MR) is 92.0 cm³/mol. The number of methoxy groups -OCH3 is 1. The molecular formula is C17H14BrNOS. The highest BCUT2D eigenvalue weighted by Gasteiger charge is 2.11. The van der Waals surface area contributed by atoms with E-state index in [9.17, 15) is 0 Å². The molecule has 0 saturated carbocycles. The molecule has 0 spiro atoms. The van der Waals surface area contributed by atoms with E-state index in [4.69, 9.17) is 9.72 Å². The van der Waals surface area contributed by atoms with Gasteiger partial charge in [-0.2, -0.15) is 0 Å². The van der Waals surface area contributed by atoms with Crippen LogP contribution >= 0.6 is 27.3 Å². The zero-order valence-corrected chi connectivity index (χ0v) is 14.2. The quantitative estimate of drug-likeness (QED) is 0.610. The molecule has 1 aromatic heterocycles. The first-order valence-electron chi connectivity index (χ1n) is 6.55. The van der Waals surface area contributed by atoms with E-state index in [-0.39, 0.29) is 0 Å². The molecule has 1 heterocycles. The van der Waals surface area contributed by atoms with Crippen LogP contribution in [0.3, 0.4) is 0 Å². The van der Waals surface area contributed by atoms with Crippen molar-refractivity contribution in [2.75, 3.05) is 7.11 Å². The topological polar surface area (TPSA) is 22.1 Å². The molecule has 0 saturated heterocycles. The molecule has 0 unspecified atom stereocenters. The highest BCUT2D eigenvalue weighted by Crippen LogP contribution is 2.34. The number of halogens is 1. The fraction of sp³-hybridized carbons (Fsp3) is 0.118. The van der Waals surface area contributed by atoms with Crippen LogP contribution in [0.4, 0.5) is 0 Å². The normalized spacial score (nSPS) is 10.6. The molecule has 3 aromatic rings. The summed E-state index contributed by atoms with van der Waals surface area (Å²) in [5, 5.41) is 1.05. The minimum atomic E-state index is 0.861. The molecule has 0 bridgehead atoms. The van der Waals surface area contributed by atoms with Gasteiger partial charge in [0.05, 0.1) is 12.8 Å². The van der Waals surface area contributed by atoms with Gasteiger partial charge < -0.3 is 4.74 Å². The van der Waals surface area contributed by atoms with E-state index in [1.165, 1.54) is 4.88 Å². The molecular weight excluding hydrogens is 346 g/mol. The van der Waals surface area contributed by atoms with Crippen molar-refractivity contribution in [2.24, 2.45) is 0 Å². The molecule has 2 aromatic carbocycles. The second kappa shape index (κ2) is 6.00. The van der Waals surface area contributed by atoms with Crippen molar-refractivity contribution in [1.82, 2.24) is 4.98 Å². The summed E-state index contributed by atoms with van der Waals surface area (Å²) in [5.74, 6) is 0.861. The van der Waals surface area contributed by atoms with Crippen molar-refractivity contribution in [2.45, 2.75) is 6.92 Å². The minimum Gasteiger partial charge on any atom is -0.497 e. The van der Waals surface area contributed by atoms with E-state index in [1.807, 2.05) is 36.4 Å². The summed E-state index contributed by atoms with van der Waals surface area (Å²) < 4.78 is 6.28. The Hall–Kier alpha value is -1.65. The van der Waals surface area contributed by atoms with Gasteiger partial charge in [-0.3, -0.25) is 0 Å². The van der Waals surface area contributed by atoms with Gasteiger partial charge >= 0.3 is 0 Å². The average molecular weight is 360 g/mol. The van der Waals surface area contributed by atoms with Crippen LogP contribution in [-0.2, 0) is 0 Å². The molecule has 0 atom stereocenters. The predicted octanol–water partition coefficient (Wildman–Crippen LogP) is 5.56. The first-order chi connectivity index (χ1) is 10.2. The third-order valence-corrected chi connectivity index (χ3v) is 4.80. The van der Waals surface area contributed by atoms with Crippen molar-refractivity contribution in [3.63, 3.8) is 0 Å². The van der Waals surface area contributed by atoms with Crippen LogP contribution < -0.4 is 4.74 Å². The maximum atomic E-state index is 5.20. The van der Waals surface area contributed by atoms with Gasteiger partial charge in [-0.25, -0.2) is 4.98 Å². The van der Waals surface area contributed by atoms with Crippen LogP contribution in [0.15, 0.2) is 53.0 Å². The fourth-order valence-electron chi connectivity index (χ4n) is 2.13. The molecule has 0 aliphatic carbocycles. The van der Waals surface area contributed by atoms with E-state index in [0.29, 0.717) is 0 Å². The summed E-state index contributed by atoms with van der Waals surface area (Å²) in [4.78, 5) is 6.02. The molecule has 106 valence electrons. The first kappa shape index (κ1) is 14.3.